The van der Waals surface area contributed by atoms with Crippen molar-refractivity contribution in [1.82, 2.24) is 0 Å². The molecule has 1 aromatic rings. The van der Waals surface area contributed by atoms with Gasteiger partial charge < -0.3 is 28.4 Å². The Kier molecular flexibility index (Phi) is 29.4. The first-order chi connectivity index (χ1) is 27.7. The summed E-state index contributed by atoms with van der Waals surface area (Å²) < 4.78 is 40.4. The quantitative estimate of drug-likeness (QED) is 0.0169. The standard InChI is InChI=1S/C46H78NO10P/c1-8-10-24-30-41(48)31-25-20-16-14-12-11-13-15-17-22-27-33-45(49)53-37-42(38-55-58(51,52)54-36-35-47(5,6)7)56-46(50)34-28-23-19-18-21-26-32-44-40(4)39(3)43(57-44)29-9-2/h11-12,15-17,20,25,31,41-42,48H,8-10,13-14,18-19,21-24,26-30,32-38H2,1-7H3/p+1/b12-11-,17-15-,20-16-,31-25+/t41-,42-/m1/s1. The lowest BCUT2D eigenvalue weighted by Crippen LogP contribution is -2.37. The van der Waals surface area contributed by atoms with Crippen LogP contribution in [0.3, 0.4) is 0 Å². The van der Waals surface area contributed by atoms with Crippen molar-refractivity contribution in [2.24, 2.45) is 0 Å². The van der Waals surface area contributed by atoms with Crippen LogP contribution in [0.15, 0.2) is 53.0 Å². The van der Waals surface area contributed by atoms with E-state index in [-0.39, 0.29) is 32.2 Å². The normalized spacial score (nSPS) is 14.6. The minimum absolute atomic E-state index is 0.00443. The highest BCUT2D eigenvalue weighted by atomic mass is 31.2. The van der Waals surface area contributed by atoms with E-state index in [9.17, 15) is 24.2 Å². The molecule has 2 N–H and O–H groups in total. The topological polar surface area (TPSA) is 142 Å². The van der Waals surface area contributed by atoms with Crippen molar-refractivity contribution in [2.45, 2.75) is 162 Å². The second kappa shape index (κ2) is 32.0. The Balaban J connectivity index is 2.43. The summed E-state index contributed by atoms with van der Waals surface area (Å²) in [5.41, 5.74) is 2.56. The average molecular weight is 837 g/mol. The molecule has 0 aliphatic rings. The maximum absolute atomic E-state index is 12.7. The van der Waals surface area contributed by atoms with E-state index in [4.69, 9.17) is 22.9 Å². The van der Waals surface area contributed by atoms with Crippen molar-refractivity contribution in [3.63, 3.8) is 0 Å². The molecule has 332 valence electrons. The number of rotatable bonds is 35. The van der Waals surface area contributed by atoms with Gasteiger partial charge in [0.15, 0.2) is 6.10 Å². The smallest absolute Gasteiger partial charge is 0.466 e. The molecule has 1 heterocycles. The van der Waals surface area contributed by atoms with Crippen LogP contribution in [0.1, 0.15) is 146 Å². The number of hydrogen-bond acceptors (Lipinski definition) is 9. The van der Waals surface area contributed by atoms with Crippen LogP contribution in [-0.2, 0) is 45.5 Å². The first-order valence-corrected chi connectivity index (χ1v) is 23.3. The predicted molar refractivity (Wildman–Crippen MR) is 233 cm³/mol. The summed E-state index contributed by atoms with van der Waals surface area (Å²) in [5, 5.41) is 9.91. The summed E-state index contributed by atoms with van der Waals surface area (Å²) in [4.78, 5) is 35.4. The largest absolute Gasteiger partial charge is 0.472 e. The number of nitrogens with zero attached hydrogens (tertiary/aromatic N) is 1. The van der Waals surface area contributed by atoms with Crippen molar-refractivity contribution in [3.05, 3.63) is 71.3 Å². The Morgan fingerprint density at radius 3 is 2.07 bits per heavy atom. The number of carbonyl (C=O) groups excluding carboxylic acids is 2. The van der Waals surface area contributed by atoms with Crippen molar-refractivity contribution in [2.75, 3.05) is 47.5 Å². The summed E-state index contributed by atoms with van der Waals surface area (Å²) in [6, 6.07) is 0. The van der Waals surface area contributed by atoms with E-state index in [2.05, 4.69) is 39.8 Å². The van der Waals surface area contributed by atoms with E-state index in [0.29, 0.717) is 30.3 Å². The molecule has 0 saturated carbocycles. The van der Waals surface area contributed by atoms with Crippen LogP contribution in [0.25, 0.3) is 0 Å². The highest BCUT2D eigenvalue weighted by Gasteiger charge is 2.27. The Bertz CT molecular complexity index is 1420. The van der Waals surface area contributed by atoms with Gasteiger partial charge in [-0.05, 0) is 76.3 Å². The zero-order valence-corrected chi connectivity index (χ0v) is 38.0. The molecule has 0 spiro atoms. The van der Waals surface area contributed by atoms with Gasteiger partial charge >= 0.3 is 19.8 Å². The van der Waals surface area contributed by atoms with E-state index in [1.807, 2.05) is 57.6 Å². The highest BCUT2D eigenvalue weighted by Crippen LogP contribution is 2.43. The molecular weight excluding hydrogens is 757 g/mol. The number of unbranched alkanes of at least 4 members (excludes halogenated alkanes) is 8. The van der Waals surface area contributed by atoms with Gasteiger partial charge in [0, 0.05) is 25.7 Å². The number of hydrogen-bond donors (Lipinski definition) is 2. The number of quaternary nitrogens is 1. The summed E-state index contributed by atoms with van der Waals surface area (Å²) >= 11 is 0. The van der Waals surface area contributed by atoms with Crippen LogP contribution in [0, 0.1) is 13.8 Å². The number of esters is 2. The van der Waals surface area contributed by atoms with Gasteiger partial charge in [0.25, 0.3) is 0 Å². The van der Waals surface area contributed by atoms with E-state index >= 15 is 0 Å². The van der Waals surface area contributed by atoms with Gasteiger partial charge in [-0.15, -0.1) is 0 Å². The van der Waals surface area contributed by atoms with Gasteiger partial charge in [-0.2, -0.15) is 0 Å². The summed E-state index contributed by atoms with van der Waals surface area (Å²) in [5.74, 6) is 1.29. The number of allylic oxidation sites excluding steroid dienone is 7. The minimum atomic E-state index is -4.41. The maximum atomic E-state index is 12.7. The predicted octanol–water partition coefficient (Wildman–Crippen LogP) is 10.5. The molecule has 1 aromatic heterocycles. The third-order valence-corrected chi connectivity index (χ3v) is 10.6. The van der Waals surface area contributed by atoms with E-state index < -0.39 is 32.5 Å². The van der Waals surface area contributed by atoms with Crippen LogP contribution < -0.4 is 0 Å². The zero-order valence-electron chi connectivity index (χ0n) is 37.1. The van der Waals surface area contributed by atoms with E-state index in [1.165, 1.54) is 11.1 Å². The second-order valence-corrected chi connectivity index (χ2v) is 17.6. The van der Waals surface area contributed by atoms with Gasteiger partial charge in [0.05, 0.1) is 33.9 Å². The number of likely N-dealkylation sites (N-methyl/N-ethyl adjacent to an activating group) is 1. The molecule has 0 radical (unpaired) electrons. The fourth-order valence-electron chi connectivity index (χ4n) is 5.93. The minimum Gasteiger partial charge on any atom is -0.466 e. The van der Waals surface area contributed by atoms with Gasteiger partial charge in [0.1, 0.15) is 31.3 Å². The van der Waals surface area contributed by atoms with Crippen LogP contribution in [0.2, 0.25) is 0 Å². The molecule has 0 saturated heterocycles. The lowest BCUT2D eigenvalue weighted by atomic mass is 10.0. The Hall–Kier alpha value is -2.79. The average Bonchev–Trinajstić information content (AvgIpc) is 3.42. The summed E-state index contributed by atoms with van der Waals surface area (Å²) in [7, 11) is 1.38. The molecular formula is C46H79NO10P+. The third kappa shape index (κ3) is 28.6. The van der Waals surface area contributed by atoms with Crippen LogP contribution in [-0.4, -0.2) is 86.1 Å². The number of phosphoric ester groups is 1. The number of ether oxygens (including phenoxy) is 2. The lowest BCUT2D eigenvalue weighted by Gasteiger charge is -2.24. The van der Waals surface area contributed by atoms with Gasteiger partial charge in [-0.3, -0.25) is 18.6 Å². The van der Waals surface area contributed by atoms with Crippen molar-refractivity contribution < 1.29 is 51.6 Å². The maximum Gasteiger partial charge on any atom is 0.472 e. The van der Waals surface area contributed by atoms with Crippen molar-refractivity contribution in [3.8, 4) is 0 Å². The molecule has 0 fully saturated rings. The Labute approximate surface area is 351 Å². The molecule has 0 bridgehead atoms. The monoisotopic (exact) mass is 837 g/mol. The number of aliphatic hydroxyl groups excluding tert-OH is 1. The molecule has 0 aliphatic carbocycles. The molecule has 11 nitrogen and oxygen atoms in total. The third-order valence-electron chi connectivity index (χ3n) is 9.64. The van der Waals surface area contributed by atoms with Gasteiger partial charge in [0.2, 0.25) is 0 Å². The molecule has 1 rings (SSSR count). The van der Waals surface area contributed by atoms with Crippen molar-refractivity contribution in [1.29, 1.82) is 0 Å². The fourth-order valence-corrected chi connectivity index (χ4v) is 6.67. The van der Waals surface area contributed by atoms with E-state index in [0.717, 1.165) is 101 Å². The molecule has 12 heteroatoms. The van der Waals surface area contributed by atoms with Crippen LogP contribution in [0.4, 0.5) is 0 Å². The Morgan fingerprint density at radius 2 is 1.38 bits per heavy atom. The number of aliphatic hydroxyl groups is 1. The van der Waals surface area contributed by atoms with Crippen molar-refractivity contribution >= 4 is 19.8 Å². The number of furan rings is 1. The molecule has 0 aliphatic heterocycles. The lowest BCUT2D eigenvalue weighted by molar-refractivity contribution is -0.870. The number of phosphoric acid groups is 1. The summed E-state index contributed by atoms with van der Waals surface area (Å²) in [6.45, 7) is 8.35. The fraction of sp³-hybridized carbons (Fsp3) is 0.696. The molecule has 0 aromatic carbocycles. The first kappa shape index (κ1) is 53.2. The first-order valence-electron chi connectivity index (χ1n) is 21.8. The highest BCUT2D eigenvalue weighted by molar-refractivity contribution is 7.47. The zero-order chi connectivity index (χ0) is 43.1. The van der Waals surface area contributed by atoms with Gasteiger partial charge in [-0.25, -0.2) is 4.57 Å². The second-order valence-electron chi connectivity index (χ2n) is 16.2. The number of carbonyl (C=O) groups is 2. The van der Waals surface area contributed by atoms with Gasteiger partial charge in [-0.1, -0.05) is 107 Å². The van der Waals surface area contributed by atoms with E-state index in [1.54, 1.807) is 0 Å². The molecule has 1 unspecified atom stereocenters. The SMILES string of the molecule is CCCCC[C@@H](O)/C=C/C=C\C/C=C\C/C=C\CCCC(=O)OC[C@H](COP(=O)(O)OCC[N+](C)(C)C)OC(=O)CCCCCCCCc1oc(CCC)c(C)c1C. The Morgan fingerprint density at radius 1 is 0.741 bits per heavy atom. The summed E-state index contributed by atoms with van der Waals surface area (Å²) in [6.07, 6.45) is 30.7. The molecule has 58 heavy (non-hydrogen) atoms. The van der Waals surface area contributed by atoms with Crippen LogP contribution in [0.5, 0.6) is 0 Å². The number of aryl methyl sites for hydroxylation is 2. The molecule has 3 atom stereocenters. The van der Waals surface area contributed by atoms with Crippen LogP contribution >= 0.6 is 7.82 Å². The molecule has 0 amide bonds.